The average molecular weight is 364 g/mol. The molecule has 0 saturated carbocycles. The minimum Gasteiger partial charge on any atom is -0.388 e. The summed E-state index contributed by atoms with van der Waals surface area (Å²) in [6.07, 6.45) is 4.10. The van der Waals surface area contributed by atoms with Crippen LogP contribution in [0.4, 0.5) is 5.69 Å². The average Bonchev–Trinajstić information content (AvgIpc) is 3.36. The Morgan fingerprint density at radius 2 is 1.92 bits per heavy atom. The van der Waals surface area contributed by atoms with E-state index in [0.717, 1.165) is 28.4 Å². The van der Waals surface area contributed by atoms with E-state index in [1.54, 1.807) is 11.3 Å². The number of allylic oxidation sites excluding steroid dienone is 2. The number of hydrogen-bond donors (Lipinski definition) is 2. The minimum absolute atomic E-state index is 0.692. The summed E-state index contributed by atoms with van der Waals surface area (Å²) in [5.41, 5.74) is 4.03. The van der Waals surface area contributed by atoms with Crippen molar-refractivity contribution in [1.29, 1.82) is 0 Å². The number of anilines is 1. The normalized spacial score (nSPS) is 15.5. The molecule has 3 rings (SSSR count). The zero-order valence-electron chi connectivity index (χ0n) is 15.8. The molecule has 1 aromatic carbocycles. The Hall–Kier alpha value is -2.77. The molecule has 2 aromatic rings. The van der Waals surface area contributed by atoms with Gasteiger partial charge in [-0.1, -0.05) is 31.9 Å². The first kappa shape index (κ1) is 19.6. The van der Waals surface area contributed by atoms with E-state index in [0.29, 0.717) is 6.54 Å². The summed E-state index contributed by atoms with van der Waals surface area (Å²) in [7, 11) is 1.91. The van der Waals surface area contributed by atoms with E-state index in [1.165, 1.54) is 4.88 Å². The van der Waals surface area contributed by atoms with Gasteiger partial charge in [-0.15, -0.1) is 11.3 Å². The minimum atomic E-state index is 0.692. The molecule has 0 saturated heterocycles. The topological polar surface area (TPSA) is 36.4 Å². The highest BCUT2D eigenvalue weighted by molar-refractivity contribution is 7.09. The number of thiophene rings is 1. The van der Waals surface area contributed by atoms with Crippen molar-refractivity contribution < 1.29 is 0 Å². The first-order valence-electron chi connectivity index (χ1n) is 8.80. The molecule has 0 bridgehead atoms. The van der Waals surface area contributed by atoms with Gasteiger partial charge in [0.15, 0.2) is 0 Å². The van der Waals surface area contributed by atoms with Gasteiger partial charge in [-0.25, -0.2) is 0 Å². The fraction of sp³-hybridized carbons (Fsp3) is 0.227. The summed E-state index contributed by atoms with van der Waals surface area (Å²) in [5.74, 6) is 7.26. The molecule has 1 aliphatic heterocycles. The van der Waals surface area contributed by atoms with Crippen LogP contribution >= 0.6 is 11.3 Å². The molecule has 0 radical (unpaired) electrons. The van der Waals surface area contributed by atoms with Crippen molar-refractivity contribution in [2.45, 2.75) is 27.3 Å². The number of aliphatic imine (C=N–C) groups is 1. The Morgan fingerprint density at radius 3 is 2.54 bits per heavy atom. The van der Waals surface area contributed by atoms with Gasteiger partial charge < -0.3 is 10.6 Å². The highest BCUT2D eigenvalue weighted by Gasteiger charge is 2.13. The molecule has 0 fully saturated rings. The van der Waals surface area contributed by atoms with E-state index in [4.69, 9.17) is 0 Å². The lowest BCUT2D eigenvalue weighted by Gasteiger charge is -2.01. The van der Waals surface area contributed by atoms with E-state index in [-0.39, 0.29) is 0 Å². The van der Waals surface area contributed by atoms with Crippen LogP contribution in [0.3, 0.4) is 0 Å². The standard InChI is InChI=1S/C20H19N3S.C2H6/c1-3-16-13-18(11-8-15-6-9-17(21-2)10-7-15)23-20(16)22-14-19-5-4-12-24-19;1-2/h3-7,9-10,12-13,21H,14H2,1-2H3,(H,22,23);1-2H3/b16-3-;. The van der Waals surface area contributed by atoms with E-state index >= 15 is 0 Å². The van der Waals surface area contributed by atoms with Gasteiger partial charge in [0.2, 0.25) is 0 Å². The lowest BCUT2D eigenvalue weighted by molar-refractivity contribution is 1.07. The molecule has 1 aromatic heterocycles. The van der Waals surface area contributed by atoms with Gasteiger partial charge in [0, 0.05) is 28.7 Å². The van der Waals surface area contributed by atoms with Crippen molar-refractivity contribution in [2.24, 2.45) is 4.99 Å². The van der Waals surface area contributed by atoms with E-state index in [9.17, 15) is 0 Å². The molecular weight excluding hydrogens is 338 g/mol. The van der Waals surface area contributed by atoms with Crippen molar-refractivity contribution in [1.82, 2.24) is 5.32 Å². The highest BCUT2D eigenvalue weighted by atomic mass is 32.1. The summed E-state index contributed by atoms with van der Waals surface area (Å²) in [4.78, 5) is 5.92. The van der Waals surface area contributed by atoms with Crippen LogP contribution < -0.4 is 10.6 Å². The zero-order valence-corrected chi connectivity index (χ0v) is 16.6. The summed E-state index contributed by atoms with van der Waals surface area (Å²) in [5, 5.41) is 8.48. The Labute approximate surface area is 160 Å². The van der Waals surface area contributed by atoms with E-state index in [1.807, 2.05) is 64.2 Å². The fourth-order valence-electron chi connectivity index (χ4n) is 2.30. The number of hydrogen-bond acceptors (Lipinski definition) is 3. The smallest absolute Gasteiger partial charge is 0.133 e. The number of rotatable bonds is 3. The molecule has 1 aliphatic rings. The number of benzene rings is 1. The summed E-state index contributed by atoms with van der Waals surface area (Å²) >= 11 is 1.72. The number of nitrogens with one attached hydrogen (secondary N) is 2. The lowest BCUT2D eigenvalue weighted by Crippen LogP contribution is -2.17. The third-order valence-electron chi connectivity index (χ3n) is 3.63. The Bertz CT molecular complexity index is 845. The largest absolute Gasteiger partial charge is 0.388 e. The van der Waals surface area contributed by atoms with Gasteiger partial charge in [0.25, 0.3) is 0 Å². The Morgan fingerprint density at radius 1 is 1.15 bits per heavy atom. The van der Waals surface area contributed by atoms with Crippen LogP contribution in [-0.2, 0) is 6.54 Å². The van der Waals surface area contributed by atoms with Crippen molar-refractivity contribution in [2.75, 3.05) is 12.4 Å². The molecule has 26 heavy (non-hydrogen) atoms. The molecule has 0 amide bonds. The quantitative estimate of drug-likeness (QED) is 0.735. The van der Waals surface area contributed by atoms with Crippen LogP contribution in [0.1, 0.15) is 31.2 Å². The van der Waals surface area contributed by atoms with Crippen LogP contribution in [0.2, 0.25) is 0 Å². The molecule has 0 atom stereocenters. The van der Waals surface area contributed by atoms with Crippen molar-refractivity contribution >= 4 is 22.9 Å². The van der Waals surface area contributed by atoms with E-state index < -0.39 is 0 Å². The molecule has 3 nitrogen and oxygen atoms in total. The molecule has 0 unspecified atom stereocenters. The van der Waals surface area contributed by atoms with Crippen molar-refractivity contribution in [3.8, 4) is 11.8 Å². The third-order valence-corrected chi connectivity index (χ3v) is 4.49. The highest BCUT2D eigenvalue weighted by Crippen LogP contribution is 2.15. The van der Waals surface area contributed by atoms with Gasteiger partial charge >= 0.3 is 0 Å². The first-order valence-corrected chi connectivity index (χ1v) is 9.68. The molecule has 134 valence electrons. The molecule has 4 heteroatoms. The van der Waals surface area contributed by atoms with Gasteiger partial charge in [-0.05, 0) is 54.6 Å². The summed E-state index contributed by atoms with van der Waals surface area (Å²) < 4.78 is 0. The van der Waals surface area contributed by atoms with Crippen LogP contribution in [0.25, 0.3) is 0 Å². The Balaban J connectivity index is 0.00000117. The SMILES string of the molecule is C/C=C1/C=C(C#Cc2ccc(NC)cc2)NC1=NCc1cccs1.CC. The maximum atomic E-state index is 4.67. The molecular formula is C22H25N3S. The fourth-order valence-corrected chi connectivity index (χ4v) is 2.93. The molecule has 2 N–H and O–H groups in total. The summed E-state index contributed by atoms with van der Waals surface area (Å²) in [6.45, 7) is 6.71. The Kier molecular flexibility index (Phi) is 7.73. The van der Waals surface area contributed by atoms with Gasteiger partial charge in [0.05, 0.1) is 12.2 Å². The van der Waals surface area contributed by atoms with Crippen LogP contribution in [-0.4, -0.2) is 12.9 Å². The van der Waals surface area contributed by atoms with Crippen molar-refractivity contribution in [3.63, 3.8) is 0 Å². The second-order valence-electron chi connectivity index (χ2n) is 5.25. The summed E-state index contributed by atoms with van der Waals surface area (Å²) in [6, 6.07) is 12.2. The van der Waals surface area contributed by atoms with Crippen LogP contribution in [0, 0.1) is 11.8 Å². The maximum absolute atomic E-state index is 4.67. The van der Waals surface area contributed by atoms with Crippen LogP contribution in [0.15, 0.2) is 70.2 Å². The lowest BCUT2D eigenvalue weighted by atomic mass is 10.2. The maximum Gasteiger partial charge on any atom is 0.133 e. The van der Waals surface area contributed by atoms with Gasteiger partial charge in [-0.3, -0.25) is 4.99 Å². The second kappa shape index (κ2) is 10.3. The monoisotopic (exact) mass is 363 g/mol. The first-order chi connectivity index (χ1) is 12.8. The van der Waals surface area contributed by atoms with Gasteiger partial charge in [-0.2, -0.15) is 0 Å². The third kappa shape index (κ3) is 5.37. The van der Waals surface area contributed by atoms with E-state index in [2.05, 4.69) is 45.0 Å². The molecule has 0 aliphatic carbocycles. The molecule has 2 heterocycles. The number of nitrogens with zero attached hydrogens (tertiary/aromatic N) is 1. The van der Waals surface area contributed by atoms with Crippen LogP contribution in [0.5, 0.6) is 0 Å². The molecule has 0 spiro atoms. The number of amidine groups is 1. The predicted octanol–water partition coefficient (Wildman–Crippen LogP) is 5.20. The predicted molar refractivity (Wildman–Crippen MR) is 115 cm³/mol. The second-order valence-corrected chi connectivity index (χ2v) is 6.28. The van der Waals surface area contributed by atoms with Crippen molar-refractivity contribution in [3.05, 3.63) is 75.6 Å². The zero-order chi connectivity index (χ0) is 18.8. The van der Waals surface area contributed by atoms with Gasteiger partial charge in [0.1, 0.15) is 5.84 Å².